The Labute approximate surface area is 103 Å². The van der Waals surface area contributed by atoms with Crippen molar-refractivity contribution in [3.63, 3.8) is 0 Å². The number of hydrogen-bond donors (Lipinski definition) is 1. The SMILES string of the molecule is CC(CBr)NC(=O)Cc1ccc(Cl)cc1. The lowest BCUT2D eigenvalue weighted by molar-refractivity contribution is -0.120. The summed E-state index contributed by atoms with van der Waals surface area (Å²) in [6, 6.07) is 7.46. The van der Waals surface area contributed by atoms with Crippen LogP contribution in [0, 0.1) is 0 Å². The number of hydrogen-bond acceptors (Lipinski definition) is 1. The van der Waals surface area contributed by atoms with E-state index in [0.29, 0.717) is 11.4 Å². The monoisotopic (exact) mass is 289 g/mol. The number of carbonyl (C=O) groups excluding carboxylic acids is 1. The van der Waals surface area contributed by atoms with Crippen molar-refractivity contribution >= 4 is 33.4 Å². The highest BCUT2D eigenvalue weighted by Gasteiger charge is 2.06. The number of carbonyl (C=O) groups is 1. The van der Waals surface area contributed by atoms with E-state index in [1.165, 1.54) is 0 Å². The number of nitrogens with one attached hydrogen (secondary N) is 1. The first-order chi connectivity index (χ1) is 7.11. The average Bonchev–Trinajstić information content (AvgIpc) is 2.21. The van der Waals surface area contributed by atoms with Crippen LogP contribution in [0.4, 0.5) is 0 Å². The van der Waals surface area contributed by atoms with Gasteiger partial charge in [-0.15, -0.1) is 0 Å². The molecule has 0 fully saturated rings. The predicted molar refractivity (Wildman–Crippen MR) is 66.6 cm³/mol. The second-order valence-electron chi connectivity index (χ2n) is 3.43. The Bertz CT molecular complexity index is 326. The van der Waals surface area contributed by atoms with Crippen molar-refractivity contribution in [1.82, 2.24) is 5.32 Å². The minimum absolute atomic E-state index is 0.0317. The third-order valence-corrected chi connectivity index (χ3v) is 3.14. The Morgan fingerprint density at radius 1 is 1.47 bits per heavy atom. The number of halogens is 2. The maximum absolute atomic E-state index is 11.5. The van der Waals surface area contributed by atoms with Crippen LogP contribution in [0.5, 0.6) is 0 Å². The van der Waals surface area contributed by atoms with Crippen LogP contribution in [0.25, 0.3) is 0 Å². The van der Waals surface area contributed by atoms with Gasteiger partial charge in [0.25, 0.3) is 0 Å². The standard InChI is InChI=1S/C11H13BrClNO/c1-8(7-12)14-11(15)6-9-2-4-10(13)5-3-9/h2-5,8H,6-7H2,1H3,(H,14,15). The quantitative estimate of drug-likeness (QED) is 0.849. The molecule has 1 aromatic carbocycles. The third-order valence-electron chi connectivity index (χ3n) is 1.92. The van der Waals surface area contributed by atoms with Crippen LogP contribution in [0.2, 0.25) is 5.02 Å². The maximum Gasteiger partial charge on any atom is 0.224 e. The summed E-state index contributed by atoms with van der Waals surface area (Å²) in [6.07, 6.45) is 0.397. The molecule has 1 unspecified atom stereocenters. The Morgan fingerprint density at radius 3 is 2.60 bits per heavy atom. The van der Waals surface area contributed by atoms with Crippen molar-refractivity contribution in [3.8, 4) is 0 Å². The van der Waals surface area contributed by atoms with Gasteiger partial charge in [0.05, 0.1) is 6.42 Å². The Morgan fingerprint density at radius 2 is 2.07 bits per heavy atom. The van der Waals surface area contributed by atoms with Gasteiger partial charge in [-0.1, -0.05) is 39.7 Å². The molecule has 0 spiro atoms. The van der Waals surface area contributed by atoms with Gasteiger partial charge >= 0.3 is 0 Å². The predicted octanol–water partition coefficient (Wildman–Crippen LogP) is 2.78. The summed E-state index contributed by atoms with van der Waals surface area (Å²) in [7, 11) is 0. The summed E-state index contributed by atoms with van der Waals surface area (Å²) < 4.78 is 0. The normalized spacial score (nSPS) is 12.2. The molecule has 1 rings (SSSR count). The molecule has 0 heterocycles. The Kier molecular flexibility index (Phi) is 5.12. The molecular weight excluding hydrogens is 277 g/mol. The van der Waals surface area contributed by atoms with Crippen LogP contribution in [-0.4, -0.2) is 17.3 Å². The summed E-state index contributed by atoms with van der Waals surface area (Å²) in [5.74, 6) is 0.0317. The molecule has 0 saturated heterocycles. The number of benzene rings is 1. The summed E-state index contributed by atoms with van der Waals surface area (Å²) in [4.78, 5) is 11.5. The van der Waals surface area contributed by atoms with E-state index >= 15 is 0 Å². The van der Waals surface area contributed by atoms with Crippen molar-refractivity contribution in [2.24, 2.45) is 0 Å². The first kappa shape index (κ1) is 12.5. The van der Waals surface area contributed by atoms with Crippen molar-refractivity contribution in [2.75, 3.05) is 5.33 Å². The number of rotatable bonds is 4. The van der Waals surface area contributed by atoms with Crippen LogP contribution in [0.15, 0.2) is 24.3 Å². The lowest BCUT2D eigenvalue weighted by atomic mass is 10.1. The summed E-state index contributed by atoms with van der Waals surface area (Å²) in [5, 5.41) is 4.33. The van der Waals surface area contributed by atoms with E-state index < -0.39 is 0 Å². The molecule has 15 heavy (non-hydrogen) atoms. The van der Waals surface area contributed by atoms with Gasteiger partial charge in [0.1, 0.15) is 0 Å². The van der Waals surface area contributed by atoms with Gasteiger partial charge in [0, 0.05) is 16.4 Å². The highest BCUT2D eigenvalue weighted by atomic mass is 79.9. The molecule has 1 N–H and O–H groups in total. The van der Waals surface area contributed by atoms with Crippen LogP contribution in [0.1, 0.15) is 12.5 Å². The van der Waals surface area contributed by atoms with Crippen LogP contribution in [0.3, 0.4) is 0 Å². The minimum Gasteiger partial charge on any atom is -0.353 e. The lowest BCUT2D eigenvalue weighted by Crippen LogP contribution is -2.34. The van der Waals surface area contributed by atoms with Gasteiger partial charge in [-0.25, -0.2) is 0 Å². The second kappa shape index (κ2) is 6.13. The van der Waals surface area contributed by atoms with Gasteiger partial charge in [-0.3, -0.25) is 4.79 Å². The highest BCUT2D eigenvalue weighted by Crippen LogP contribution is 2.09. The topological polar surface area (TPSA) is 29.1 Å². The first-order valence-electron chi connectivity index (χ1n) is 4.71. The van der Waals surface area contributed by atoms with Crippen molar-refractivity contribution in [2.45, 2.75) is 19.4 Å². The fraction of sp³-hybridized carbons (Fsp3) is 0.364. The largest absolute Gasteiger partial charge is 0.353 e. The molecule has 4 heteroatoms. The van der Waals surface area contributed by atoms with Crippen molar-refractivity contribution < 1.29 is 4.79 Å². The highest BCUT2D eigenvalue weighted by molar-refractivity contribution is 9.09. The van der Waals surface area contributed by atoms with Gasteiger partial charge in [-0.05, 0) is 24.6 Å². The molecule has 82 valence electrons. The summed E-state index contributed by atoms with van der Waals surface area (Å²) in [5.41, 5.74) is 0.971. The molecule has 0 aromatic heterocycles. The Hall–Kier alpha value is -0.540. The summed E-state index contributed by atoms with van der Waals surface area (Å²) >= 11 is 9.05. The fourth-order valence-corrected chi connectivity index (χ4v) is 1.44. The van der Waals surface area contributed by atoms with Gasteiger partial charge in [0.15, 0.2) is 0 Å². The van der Waals surface area contributed by atoms with E-state index in [1.54, 1.807) is 12.1 Å². The number of amides is 1. The van der Waals surface area contributed by atoms with Gasteiger partial charge in [0.2, 0.25) is 5.91 Å². The molecule has 1 amide bonds. The number of alkyl halides is 1. The molecule has 0 radical (unpaired) electrons. The van der Waals surface area contributed by atoms with E-state index in [9.17, 15) is 4.79 Å². The molecule has 1 atom stereocenters. The fourth-order valence-electron chi connectivity index (χ4n) is 1.15. The zero-order valence-corrected chi connectivity index (χ0v) is 10.8. The van der Waals surface area contributed by atoms with E-state index in [-0.39, 0.29) is 11.9 Å². The zero-order valence-electron chi connectivity index (χ0n) is 8.47. The van der Waals surface area contributed by atoms with Crippen LogP contribution < -0.4 is 5.32 Å². The van der Waals surface area contributed by atoms with Gasteiger partial charge < -0.3 is 5.32 Å². The van der Waals surface area contributed by atoms with E-state index in [0.717, 1.165) is 10.9 Å². The molecule has 0 saturated carbocycles. The zero-order chi connectivity index (χ0) is 11.3. The van der Waals surface area contributed by atoms with Crippen molar-refractivity contribution in [3.05, 3.63) is 34.9 Å². The van der Waals surface area contributed by atoms with Crippen LogP contribution >= 0.6 is 27.5 Å². The Balaban J connectivity index is 2.48. The summed E-state index contributed by atoms with van der Waals surface area (Å²) in [6.45, 7) is 1.95. The molecule has 0 aliphatic rings. The van der Waals surface area contributed by atoms with Gasteiger partial charge in [-0.2, -0.15) is 0 Å². The molecule has 0 aliphatic carbocycles. The first-order valence-corrected chi connectivity index (χ1v) is 6.21. The molecule has 1 aromatic rings. The van der Waals surface area contributed by atoms with E-state index in [4.69, 9.17) is 11.6 Å². The smallest absolute Gasteiger partial charge is 0.224 e. The van der Waals surface area contributed by atoms with E-state index in [2.05, 4.69) is 21.2 Å². The molecule has 0 aliphatic heterocycles. The second-order valence-corrected chi connectivity index (χ2v) is 4.51. The molecular formula is C11H13BrClNO. The molecule has 2 nitrogen and oxygen atoms in total. The average molecular weight is 291 g/mol. The van der Waals surface area contributed by atoms with Crippen LogP contribution in [-0.2, 0) is 11.2 Å². The van der Waals surface area contributed by atoms with Crippen molar-refractivity contribution in [1.29, 1.82) is 0 Å². The maximum atomic E-state index is 11.5. The minimum atomic E-state index is 0.0317. The lowest BCUT2D eigenvalue weighted by Gasteiger charge is -2.10. The molecule has 0 bridgehead atoms. The third kappa shape index (κ3) is 4.67. The van der Waals surface area contributed by atoms with E-state index in [1.807, 2.05) is 19.1 Å².